The molecule has 0 rings (SSSR count). The van der Waals surface area contributed by atoms with Crippen LogP contribution in [-0.2, 0) is 0 Å². The Morgan fingerprint density at radius 2 is 2.12 bits per heavy atom. The van der Waals surface area contributed by atoms with Gasteiger partial charge in [-0.25, -0.2) is 0 Å². The molecule has 50 valence electrons. The number of nitrogens with zero attached hydrogens (tertiary/aromatic N) is 1. The van der Waals surface area contributed by atoms with Crippen LogP contribution in [-0.4, -0.2) is 36.5 Å². The van der Waals surface area contributed by atoms with Crippen LogP contribution in [0.15, 0.2) is 0 Å². The summed E-state index contributed by atoms with van der Waals surface area (Å²) in [4.78, 5) is 2.15. The Balaban J connectivity index is 2.72. The summed E-state index contributed by atoms with van der Waals surface area (Å²) in [5.74, 6) is 1.14. The van der Waals surface area contributed by atoms with Crippen molar-refractivity contribution in [2.75, 3.05) is 31.6 Å². The maximum Gasteiger partial charge on any atom is 0.0680 e. The summed E-state index contributed by atoms with van der Waals surface area (Å²) in [6, 6.07) is 0. The minimum atomic E-state index is 0.716. The molecule has 0 bridgehead atoms. The van der Waals surface area contributed by atoms with Gasteiger partial charge in [-0.15, -0.1) is 23.4 Å². The molecule has 1 nitrogen and oxygen atoms in total. The molecule has 0 atom stereocenters. The van der Waals surface area contributed by atoms with Crippen molar-refractivity contribution in [1.29, 1.82) is 0 Å². The van der Waals surface area contributed by atoms with E-state index in [1.165, 1.54) is 0 Å². The Labute approximate surface area is 60.4 Å². The Bertz CT molecular complexity index is 49.7. The average molecular weight is 154 g/mol. The summed E-state index contributed by atoms with van der Waals surface area (Å²) in [5.41, 5.74) is 0. The molecule has 0 N–H and O–H groups in total. The number of rotatable bonds is 4. The van der Waals surface area contributed by atoms with Gasteiger partial charge >= 0.3 is 0 Å². The molecule has 0 unspecified atom stereocenters. The second-order valence-corrected chi connectivity index (χ2v) is 3.51. The van der Waals surface area contributed by atoms with Gasteiger partial charge in [0.2, 0.25) is 0 Å². The number of alkyl halides is 1. The molecule has 0 aliphatic carbocycles. The first-order valence-corrected chi connectivity index (χ1v) is 4.24. The Hall–Kier alpha value is 0.600. The first-order chi connectivity index (χ1) is 3.77. The van der Waals surface area contributed by atoms with Gasteiger partial charge in [-0.2, -0.15) is 0 Å². The molecule has 0 saturated heterocycles. The molecule has 8 heavy (non-hydrogen) atoms. The summed E-state index contributed by atoms with van der Waals surface area (Å²) in [6.45, 7) is 1.12. The van der Waals surface area contributed by atoms with Gasteiger partial charge in [0.15, 0.2) is 0 Å². The van der Waals surface area contributed by atoms with Crippen molar-refractivity contribution >= 4 is 23.4 Å². The van der Waals surface area contributed by atoms with Crippen molar-refractivity contribution in [3.63, 3.8) is 0 Å². The van der Waals surface area contributed by atoms with Crippen molar-refractivity contribution in [3.8, 4) is 0 Å². The summed E-state index contributed by atoms with van der Waals surface area (Å²) < 4.78 is 0. The summed E-state index contributed by atoms with van der Waals surface area (Å²) >= 11 is 7.19. The monoisotopic (exact) mass is 153 g/mol. The van der Waals surface area contributed by atoms with E-state index in [1.54, 1.807) is 11.8 Å². The predicted octanol–water partition coefficient (Wildman–Crippen LogP) is 1.48. The highest BCUT2D eigenvalue weighted by molar-refractivity contribution is 8.00. The fourth-order valence-electron chi connectivity index (χ4n) is 0.302. The molecule has 0 fully saturated rings. The van der Waals surface area contributed by atoms with E-state index in [9.17, 15) is 0 Å². The largest absolute Gasteiger partial charge is 0.309 e. The third-order valence-corrected chi connectivity index (χ3v) is 1.85. The summed E-state index contributed by atoms with van der Waals surface area (Å²) in [6.07, 6.45) is 0. The molecule has 0 heterocycles. The smallest absolute Gasteiger partial charge is 0.0680 e. The van der Waals surface area contributed by atoms with Crippen LogP contribution in [0.5, 0.6) is 0 Å². The van der Waals surface area contributed by atoms with Crippen LogP contribution in [0.2, 0.25) is 0 Å². The van der Waals surface area contributed by atoms with Gasteiger partial charge in [0.25, 0.3) is 0 Å². The van der Waals surface area contributed by atoms with Gasteiger partial charge in [-0.05, 0) is 14.1 Å². The SMILES string of the molecule is CN(C)CCSCCl. The Morgan fingerprint density at radius 3 is 2.50 bits per heavy atom. The van der Waals surface area contributed by atoms with E-state index in [0.717, 1.165) is 12.3 Å². The zero-order valence-corrected chi connectivity index (χ0v) is 6.93. The van der Waals surface area contributed by atoms with Crippen LogP contribution in [0.4, 0.5) is 0 Å². The molecule has 3 heteroatoms. The van der Waals surface area contributed by atoms with E-state index >= 15 is 0 Å². The topological polar surface area (TPSA) is 3.24 Å². The lowest BCUT2D eigenvalue weighted by molar-refractivity contribution is 0.437. The number of hydrogen-bond donors (Lipinski definition) is 0. The molecule has 0 aliphatic heterocycles. The first kappa shape index (κ1) is 8.60. The Morgan fingerprint density at radius 1 is 1.50 bits per heavy atom. The normalized spacial score (nSPS) is 10.5. The van der Waals surface area contributed by atoms with Crippen molar-refractivity contribution < 1.29 is 0 Å². The molecule has 0 aromatic heterocycles. The zero-order valence-electron chi connectivity index (χ0n) is 5.35. The molecular weight excluding hydrogens is 142 g/mol. The molecule has 0 spiro atoms. The third kappa shape index (κ3) is 6.60. The molecule has 0 aliphatic rings. The quantitative estimate of drug-likeness (QED) is 0.445. The maximum atomic E-state index is 5.43. The molecule has 0 aromatic rings. The van der Waals surface area contributed by atoms with Gasteiger partial charge in [0, 0.05) is 12.3 Å². The predicted molar refractivity (Wildman–Crippen MR) is 41.7 cm³/mol. The third-order valence-electron chi connectivity index (χ3n) is 0.760. The van der Waals surface area contributed by atoms with E-state index in [2.05, 4.69) is 19.0 Å². The number of hydrogen-bond acceptors (Lipinski definition) is 2. The lowest BCUT2D eigenvalue weighted by Gasteiger charge is -2.06. The van der Waals surface area contributed by atoms with Crippen molar-refractivity contribution in [3.05, 3.63) is 0 Å². The Kier molecular flexibility index (Phi) is 6.16. The second kappa shape index (κ2) is 5.73. The van der Waals surface area contributed by atoms with Crippen LogP contribution in [0, 0.1) is 0 Å². The maximum absolute atomic E-state index is 5.43. The van der Waals surface area contributed by atoms with Crippen LogP contribution in [0.1, 0.15) is 0 Å². The van der Waals surface area contributed by atoms with Gasteiger partial charge in [0.1, 0.15) is 0 Å². The highest BCUT2D eigenvalue weighted by Crippen LogP contribution is 2.00. The van der Waals surface area contributed by atoms with Crippen LogP contribution in [0.25, 0.3) is 0 Å². The van der Waals surface area contributed by atoms with Crippen molar-refractivity contribution in [2.24, 2.45) is 0 Å². The van der Waals surface area contributed by atoms with E-state index in [1.807, 2.05) is 0 Å². The minimum absolute atomic E-state index is 0.716. The zero-order chi connectivity index (χ0) is 6.41. The number of thioether (sulfide) groups is 1. The standard InChI is InChI=1S/C5H12ClNS/c1-7(2)3-4-8-5-6/h3-5H2,1-2H3. The minimum Gasteiger partial charge on any atom is -0.309 e. The lowest BCUT2D eigenvalue weighted by atomic mass is 10.7. The lowest BCUT2D eigenvalue weighted by Crippen LogP contribution is -2.14. The summed E-state index contributed by atoms with van der Waals surface area (Å²) in [5, 5.41) is 0.716. The van der Waals surface area contributed by atoms with Crippen LogP contribution in [0.3, 0.4) is 0 Å². The van der Waals surface area contributed by atoms with E-state index < -0.39 is 0 Å². The number of halogens is 1. The summed E-state index contributed by atoms with van der Waals surface area (Å²) in [7, 11) is 4.13. The van der Waals surface area contributed by atoms with Gasteiger partial charge in [-0.3, -0.25) is 0 Å². The van der Waals surface area contributed by atoms with Gasteiger partial charge < -0.3 is 4.90 Å². The van der Waals surface area contributed by atoms with E-state index in [4.69, 9.17) is 11.6 Å². The highest BCUT2D eigenvalue weighted by atomic mass is 35.5. The van der Waals surface area contributed by atoms with Crippen molar-refractivity contribution in [2.45, 2.75) is 0 Å². The van der Waals surface area contributed by atoms with Crippen LogP contribution >= 0.6 is 23.4 Å². The highest BCUT2D eigenvalue weighted by Gasteiger charge is 1.87. The van der Waals surface area contributed by atoms with Crippen LogP contribution < -0.4 is 0 Å². The van der Waals surface area contributed by atoms with Gasteiger partial charge in [-0.1, -0.05) is 0 Å². The fourth-order valence-corrected chi connectivity index (χ4v) is 1.23. The molecule has 0 saturated carbocycles. The van der Waals surface area contributed by atoms with Gasteiger partial charge in [0.05, 0.1) is 5.21 Å². The van der Waals surface area contributed by atoms with E-state index in [-0.39, 0.29) is 0 Å². The van der Waals surface area contributed by atoms with Crippen molar-refractivity contribution in [1.82, 2.24) is 4.90 Å². The molecule has 0 amide bonds. The fraction of sp³-hybridized carbons (Fsp3) is 1.00. The molecule has 0 aromatic carbocycles. The van der Waals surface area contributed by atoms with E-state index in [0.29, 0.717) is 5.21 Å². The molecule has 0 radical (unpaired) electrons. The average Bonchev–Trinajstić information content (AvgIpc) is 1.66. The molecular formula is C5H12ClNS. The second-order valence-electron chi connectivity index (χ2n) is 1.82. The first-order valence-electron chi connectivity index (χ1n) is 2.56.